The van der Waals surface area contributed by atoms with Gasteiger partial charge >= 0.3 is 0 Å². The molecule has 0 bridgehead atoms. The first-order valence-corrected chi connectivity index (χ1v) is 5.00. The third-order valence-electron chi connectivity index (χ3n) is 1.84. The van der Waals surface area contributed by atoms with Crippen LogP contribution in [-0.4, -0.2) is 19.0 Å². The fraction of sp³-hybridized carbons (Fsp3) is 0.400. The molecule has 1 rings (SSSR count). The minimum absolute atomic E-state index is 0.0346. The summed E-state index contributed by atoms with van der Waals surface area (Å²) in [4.78, 5) is 0. The van der Waals surface area contributed by atoms with Gasteiger partial charge in [-0.25, -0.2) is 0 Å². The van der Waals surface area contributed by atoms with Gasteiger partial charge in [0.1, 0.15) is 5.75 Å². The Morgan fingerprint density at radius 3 is 2.71 bits per heavy atom. The lowest BCUT2D eigenvalue weighted by Gasteiger charge is -2.11. The van der Waals surface area contributed by atoms with Crippen molar-refractivity contribution >= 4 is 15.9 Å². The number of aryl methyl sites for hydroxylation is 1. The summed E-state index contributed by atoms with van der Waals surface area (Å²) in [5.74, 6) is 0.645. The largest absolute Gasteiger partial charge is 0.467 e. The van der Waals surface area contributed by atoms with Gasteiger partial charge in [-0.1, -0.05) is 15.9 Å². The summed E-state index contributed by atoms with van der Waals surface area (Å²) in [6.45, 7) is 2.11. The minimum atomic E-state index is -0.0346. The Hall–Kier alpha value is -0.580. The first-order valence-electron chi connectivity index (χ1n) is 4.20. The fourth-order valence-corrected chi connectivity index (χ4v) is 1.43. The number of aliphatic hydroxyl groups excluding tert-OH is 1. The molecule has 0 heterocycles. The Kier molecular flexibility index (Phi) is 4.38. The van der Waals surface area contributed by atoms with Crippen LogP contribution < -0.4 is 4.74 Å². The van der Waals surface area contributed by atoms with Gasteiger partial charge < -0.3 is 14.6 Å². The molecule has 0 aromatic heterocycles. The van der Waals surface area contributed by atoms with E-state index in [1.165, 1.54) is 0 Å². The fourth-order valence-electron chi connectivity index (χ4n) is 1.10. The molecule has 0 aliphatic carbocycles. The summed E-state index contributed by atoms with van der Waals surface area (Å²) in [5, 5.41) is 9.10. The van der Waals surface area contributed by atoms with E-state index in [0.29, 0.717) is 5.75 Å². The number of aliphatic hydroxyl groups is 1. The molecule has 0 atom stereocenters. The maximum Gasteiger partial charge on any atom is 0.188 e. The Bertz CT molecular complexity index is 312. The Labute approximate surface area is 91.8 Å². The van der Waals surface area contributed by atoms with Crippen LogP contribution in [0, 0.1) is 6.92 Å². The molecule has 0 aliphatic heterocycles. The lowest BCUT2D eigenvalue weighted by atomic mass is 10.1. The van der Waals surface area contributed by atoms with Gasteiger partial charge in [-0.15, -0.1) is 0 Å². The summed E-state index contributed by atoms with van der Waals surface area (Å²) < 4.78 is 11.1. The molecule has 1 aromatic rings. The van der Waals surface area contributed by atoms with Crippen LogP contribution >= 0.6 is 15.9 Å². The van der Waals surface area contributed by atoms with Gasteiger partial charge in [0, 0.05) is 17.1 Å². The molecule has 4 heteroatoms. The standard InChI is InChI=1S/C10H13BrO3/c1-7-3-8(5-12)10(4-9(7)11)14-6-13-2/h3-4,12H,5-6H2,1-2H3. The van der Waals surface area contributed by atoms with Gasteiger partial charge in [0.2, 0.25) is 0 Å². The monoisotopic (exact) mass is 260 g/mol. The molecule has 0 spiro atoms. The van der Waals surface area contributed by atoms with E-state index in [0.717, 1.165) is 15.6 Å². The number of halogens is 1. The second kappa shape index (κ2) is 5.34. The second-order valence-corrected chi connectivity index (χ2v) is 3.77. The van der Waals surface area contributed by atoms with Crippen LogP contribution in [0.15, 0.2) is 16.6 Å². The van der Waals surface area contributed by atoms with Crippen molar-refractivity contribution in [1.29, 1.82) is 0 Å². The molecule has 3 nitrogen and oxygen atoms in total. The number of ether oxygens (including phenoxy) is 2. The highest BCUT2D eigenvalue weighted by Gasteiger charge is 2.06. The lowest BCUT2D eigenvalue weighted by molar-refractivity contribution is 0.0494. The van der Waals surface area contributed by atoms with Gasteiger partial charge in [-0.2, -0.15) is 0 Å². The quantitative estimate of drug-likeness (QED) is 0.845. The summed E-state index contributed by atoms with van der Waals surface area (Å²) in [6, 6.07) is 3.72. The SMILES string of the molecule is COCOc1cc(Br)c(C)cc1CO. The van der Waals surface area contributed by atoms with E-state index in [4.69, 9.17) is 14.6 Å². The average Bonchev–Trinajstić information content (AvgIpc) is 2.19. The van der Waals surface area contributed by atoms with E-state index in [2.05, 4.69) is 15.9 Å². The molecular weight excluding hydrogens is 248 g/mol. The molecule has 0 fully saturated rings. The Morgan fingerprint density at radius 1 is 1.43 bits per heavy atom. The van der Waals surface area contributed by atoms with E-state index in [1.54, 1.807) is 7.11 Å². The number of hydrogen-bond donors (Lipinski definition) is 1. The van der Waals surface area contributed by atoms with Crippen LogP contribution in [0.4, 0.5) is 0 Å². The van der Waals surface area contributed by atoms with Crippen molar-refractivity contribution in [3.05, 3.63) is 27.7 Å². The zero-order valence-corrected chi connectivity index (χ0v) is 9.80. The predicted octanol–water partition coefficient (Wildman–Crippen LogP) is 2.23. The van der Waals surface area contributed by atoms with Crippen molar-refractivity contribution in [1.82, 2.24) is 0 Å². The molecular formula is C10H13BrO3. The van der Waals surface area contributed by atoms with E-state index >= 15 is 0 Å². The topological polar surface area (TPSA) is 38.7 Å². The third-order valence-corrected chi connectivity index (χ3v) is 2.70. The molecule has 0 saturated heterocycles. The molecule has 0 saturated carbocycles. The van der Waals surface area contributed by atoms with Crippen molar-refractivity contribution in [3.8, 4) is 5.75 Å². The van der Waals surface area contributed by atoms with E-state index in [-0.39, 0.29) is 13.4 Å². The summed E-state index contributed by atoms with van der Waals surface area (Å²) in [6.07, 6.45) is 0. The zero-order chi connectivity index (χ0) is 10.6. The first kappa shape index (κ1) is 11.5. The van der Waals surface area contributed by atoms with E-state index in [1.807, 2.05) is 19.1 Å². The molecule has 1 aromatic carbocycles. The molecule has 0 aliphatic rings. The van der Waals surface area contributed by atoms with Crippen LogP contribution in [-0.2, 0) is 11.3 Å². The molecule has 0 radical (unpaired) electrons. The summed E-state index contributed by atoms with van der Waals surface area (Å²) >= 11 is 3.40. The second-order valence-electron chi connectivity index (χ2n) is 2.92. The summed E-state index contributed by atoms with van der Waals surface area (Å²) in [5.41, 5.74) is 1.83. The maximum absolute atomic E-state index is 9.10. The number of benzene rings is 1. The zero-order valence-electron chi connectivity index (χ0n) is 8.21. The first-order chi connectivity index (χ1) is 6.69. The highest BCUT2D eigenvalue weighted by molar-refractivity contribution is 9.10. The van der Waals surface area contributed by atoms with Gasteiger partial charge in [-0.05, 0) is 24.6 Å². The van der Waals surface area contributed by atoms with Crippen LogP contribution in [0.1, 0.15) is 11.1 Å². The smallest absolute Gasteiger partial charge is 0.188 e. The minimum Gasteiger partial charge on any atom is -0.467 e. The van der Waals surface area contributed by atoms with Crippen LogP contribution in [0.5, 0.6) is 5.75 Å². The average molecular weight is 261 g/mol. The summed E-state index contributed by atoms with van der Waals surface area (Å²) in [7, 11) is 1.56. The van der Waals surface area contributed by atoms with Gasteiger partial charge in [0.25, 0.3) is 0 Å². The van der Waals surface area contributed by atoms with Crippen LogP contribution in [0.25, 0.3) is 0 Å². The number of hydrogen-bond acceptors (Lipinski definition) is 3. The predicted molar refractivity (Wildman–Crippen MR) is 57.3 cm³/mol. The van der Waals surface area contributed by atoms with Gasteiger partial charge in [0.05, 0.1) is 6.61 Å². The lowest BCUT2D eigenvalue weighted by Crippen LogP contribution is -2.02. The van der Waals surface area contributed by atoms with E-state index in [9.17, 15) is 0 Å². The molecule has 1 N–H and O–H groups in total. The third kappa shape index (κ3) is 2.70. The van der Waals surface area contributed by atoms with E-state index < -0.39 is 0 Å². The van der Waals surface area contributed by atoms with Crippen molar-refractivity contribution in [2.45, 2.75) is 13.5 Å². The molecule has 0 unspecified atom stereocenters. The normalized spacial score (nSPS) is 10.3. The van der Waals surface area contributed by atoms with Crippen LogP contribution in [0.2, 0.25) is 0 Å². The highest BCUT2D eigenvalue weighted by Crippen LogP contribution is 2.27. The van der Waals surface area contributed by atoms with Gasteiger partial charge in [0.15, 0.2) is 6.79 Å². The van der Waals surface area contributed by atoms with Crippen molar-refractivity contribution in [3.63, 3.8) is 0 Å². The van der Waals surface area contributed by atoms with Crippen LogP contribution in [0.3, 0.4) is 0 Å². The number of methoxy groups -OCH3 is 1. The Morgan fingerprint density at radius 2 is 2.14 bits per heavy atom. The van der Waals surface area contributed by atoms with Gasteiger partial charge in [-0.3, -0.25) is 0 Å². The van der Waals surface area contributed by atoms with Crippen molar-refractivity contribution in [2.24, 2.45) is 0 Å². The number of rotatable bonds is 4. The Balaban J connectivity index is 2.95. The maximum atomic E-state index is 9.10. The molecule has 14 heavy (non-hydrogen) atoms. The molecule has 0 amide bonds. The molecule has 78 valence electrons. The van der Waals surface area contributed by atoms with Crippen molar-refractivity contribution in [2.75, 3.05) is 13.9 Å². The highest BCUT2D eigenvalue weighted by atomic mass is 79.9. The van der Waals surface area contributed by atoms with Crippen molar-refractivity contribution < 1.29 is 14.6 Å².